The van der Waals surface area contributed by atoms with Crippen molar-refractivity contribution in [3.63, 3.8) is 0 Å². The average molecular weight is 400 g/mol. The number of rotatable bonds is 6. The number of nitrogens with zero attached hydrogens (tertiary/aromatic N) is 1. The summed E-state index contributed by atoms with van der Waals surface area (Å²) >= 11 is 0. The van der Waals surface area contributed by atoms with Crippen molar-refractivity contribution in [3.05, 3.63) is 0 Å². The third-order valence-corrected chi connectivity index (χ3v) is 10.8. The molecule has 27 heavy (non-hydrogen) atoms. The molecule has 0 aliphatic carbocycles. The Morgan fingerprint density at radius 1 is 1.19 bits per heavy atom. The third kappa shape index (κ3) is 6.48. The van der Waals surface area contributed by atoms with E-state index < -0.39 is 13.9 Å². The van der Waals surface area contributed by atoms with Crippen LogP contribution in [0.15, 0.2) is 0 Å². The maximum Gasteiger partial charge on any atom is 0.410 e. The smallest absolute Gasteiger partial charge is 0.410 e. The summed E-state index contributed by atoms with van der Waals surface area (Å²) in [5, 5.41) is 0.166. The minimum atomic E-state index is -1.88. The van der Waals surface area contributed by atoms with Gasteiger partial charge >= 0.3 is 6.09 Å². The molecule has 4 nitrogen and oxygen atoms in total. The maximum absolute atomic E-state index is 13.0. The molecule has 1 saturated heterocycles. The van der Waals surface area contributed by atoms with E-state index in [-0.39, 0.29) is 22.8 Å². The molecule has 0 aromatic heterocycles. The number of hydrogen-bond acceptors (Lipinski definition) is 3. The number of hydrogen-bond donors (Lipinski definition) is 0. The molecule has 1 rings (SSSR count). The Bertz CT molecular complexity index is 505. The van der Waals surface area contributed by atoms with E-state index in [4.69, 9.17) is 9.16 Å². The van der Waals surface area contributed by atoms with E-state index in [0.717, 1.165) is 25.7 Å². The molecule has 5 heteroatoms. The van der Waals surface area contributed by atoms with E-state index >= 15 is 0 Å². The topological polar surface area (TPSA) is 38.8 Å². The van der Waals surface area contributed by atoms with Crippen LogP contribution in [0.25, 0.3) is 0 Å². The second-order valence-corrected chi connectivity index (χ2v) is 16.1. The summed E-state index contributed by atoms with van der Waals surface area (Å²) in [6.45, 7) is 24.6. The first-order valence-electron chi connectivity index (χ1n) is 10.7. The highest BCUT2D eigenvalue weighted by atomic mass is 28.4. The normalized spacial score (nSPS) is 24.6. The monoisotopic (exact) mass is 399 g/mol. The van der Waals surface area contributed by atoms with Crippen molar-refractivity contribution in [1.29, 1.82) is 0 Å². The lowest BCUT2D eigenvalue weighted by Crippen LogP contribution is -2.49. The summed E-state index contributed by atoms with van der Waals surface area (Å²) in [6.07, 6.45) is 3.90. The zero-order valence-corrected chi connectivity index (χ0v) is 20.9. The average Bonchev–Trinajstić information content (AvgIpc) is 2.81. The Balaban J connectivity index is 3.10. The van der Waals surface area contributed by atoms with E-state index in [1.165, 1.54) is 0 Å². The van der Waals surface area contributed by atoms with Crippen molar-refractivity contribution < 1.29 is 14.0 Å². The molecular formula is C22H45NO3Si. The van der Waals surface area contributed by atoms with Gasteiger partial charge in [0.05, 0.1) is 6.10 Å². The molecule has 0 radical (unpaired) electrons. The zero-order valence-electron chi connectivity index (χ0n) is 19.9. The van der Waals surface area contributed by atoms with Crippen LogP contribution < -0.4 is 0 Å². The van der Waals surface area contributed by atoms with E-state index in [0.29, 0.717) is 12.5 Å². The van der Waals surface area contributed by atoms with Gasteiger partial charge in [-0.3, -0.25) is 4.90 Å². The van der Waals surface area contributed by atoms with Crippen LogP contribution in [-0.2, 0) is 9.16 Å². The summed E-state index contributed by atoms with van der Waals surface area (Å²) in [7, 11) is -1.88. The standard InChI is InChI=1S/C22H45NO3Si/c1-12-22(14-13-17(2)3)15-18(26-27(10,11)21(7,8)9)16-23(22)19(24)25-20(4,5)6/h17-18H,12-16H2,1-11H3/t18-,22+/m1/s1. The molecule has 0 saturated carbocycles. The van der Waals surface area contributed by atoms with E-state index in [2.05, 4.69) is 54.6 Å². The predicted molar refractivity (Wildman–Crippen MR) is 117 cm³/mol. The predicted octanol–water partition coefficient (Wildman–Crippen LogP) is 6.60. The molecule has 160 valence electrons. The largest absolute Gasteiger partial charge is 0.444 e. The van der Waals surface area contributed by atoms with Gasteiger partial charge in [0.15, 0.2) is 8.32 Å². The molecule has 0 unspecified atom stereocenters. The van der Waals surface area contributed by atoms with Gasteiger partial charge in [0.2, 0.25) is 0 Å². The molecule has 1 aliphatic rings. The molecule has 2 atom stereocenters. The van der Waals surface area contributed by atoms with Gasteiger partial charge in [-0.2, -0.15) is 0 Å². The molecule has 1 fully saturated rings. The molecule has 1 aliphatic heterocycles. The number of amides is 1. The number of carbonyl (C=O) groups excluding carboxylic acids is 1. The fourth-order valence-electron chi connectivity index (χ4n) is 3.56. The molecular weight excluding hydrogens is 354 g/mol. The second-order valence-electron chi connectivity index (χ2n) is 11.3. The van der Waals surface area contributed by atoms with Crippen molar-refractivity contribution >= 4 is 14.4 Å². The number of ether oxygens (including phenoxy) is 1. The van der Waals surface area contributed by atoms with Crippen LogP contribution >= 0.6 is 0 Å². The summed E-state index contributed by atoms with van der Waals surface area (Å²) in [4.78, 5) is 15.0. The highest BCUT2D eigenvalue weighted by Gasteiger charge is 2.50. The molecule has 0 N–H and O–H groups in total. The Labute approximate surface area is 169 Å². The first-order valence-corrected chi connectivity index (χ1v) is 13.6. The van der Waals surface area contributed by atoms with Gasteiger partial charge in [0.1, 0.15) is 5.60 Å². The fraction of sp³-hybridized carbons (Fsp3) is 0.955. The van der Waals surface area contributed by atoms with Crippen molar-refractivity contribution in [2.75, 3.05) is 6.54 Å². The van der Waals surface area contributed by atoms with Crippen molar-refractivity contribution in [2.24, 2.45) is 5.92 Å². The Morgan fingerprint density at radius 3 is 2.15 bits per heavy atom. The van der Waals surface area contributed by atoms with Crippen LogP contribution in [0.5, 0.6) is 0 Å². The molecule has 0 spiro atoms. The highest BCUT2D eigenvalue weighted by Crippen LogP contribution is 2.43. The summed E-state index contributed by atoms with van der Waals surface area (Å²) in [5.74, 6) is 0.620. The Hall–Kier alpha value is -0.553. The lowest BCUT2D eigenvalue weighted by Gasteiger charge is -2.39. The van der Waals surface area contributed by atoms with Crippen LogP contribution in [0, 0.1) is 5.92 Å². The lowest BCUT2D eigenvalue weighted by molar-refractivity contribution is 0.00394. The first kappa shape index (κ1) is 24.5. The lowest BCUT2D eigenvalue weighted by atomic mass is 9.85. The second kappa shape index (κ2) is 8.44. The fourth-order valence-corrected chi connectivity index (χ4v) is 4.90. The Kier molecular flexibility index (Phi) is 7.65. The zero-order chi connectivity index (χ0) is 21.3. The van der Waals surface area contributed by atoms with Crippen LogP contribution in [0.3, 0.4) is 0 Å². The third-order valence-electron chi connectivity index (χ3n) is 6.29. The van der Waals surface area contributed by atoms with Gasteiger partial charge in [0, 0.05) is 12.1 Å². The van der Waals surface area contributed by atoms with Gasteiger partial charge in [-0.15, -0.1) is 0 Å². The number of carbonyl (C=O) groups is 1. The van der Waals surface area contributed by atoms with Crippen molar-refractivity contribution in [1.82, 2.24) is 4.90 Å². The van der Waals surface area contributed by atoms with E-state index in [1.807, 2.05) is 25.7 Å². The summed E-state index contributed by atoms with van der Waals surface area (Å²) < 4.78 is 12.5. The van der Waals surface area contributed by atoms with Gasteiger partial charge in [0.25, 0.3) is 0 Å². The van der Waals surface area contributed by atoms with Crippen LogP contribution in [0.1, 0.15) is 88.0 Å². The Morgan fingerprint density at radius 2 is 1.74 bits per heavy atom. The van der Waals surface area contributed by atoms with Crippen LogP contribution in [0.2, 0.25) is 18.1 Å². The van der Waals surface area contributed by atoms with Crippen LogP contribution in [0.4, 0.5) is 4.79 Å². The first-order chi connectivity index (χ1) is 12.0. The minimum absolute atomic E-state index is 0.102. The summed E-state index contributed by atoms with van der Waals surface area (Å²) in [5.41, 5.74) is -0.632. The quantitative estimate of drug-likeness (QED) is 0.472. The SMILES string of the molecule is CC[C@]1(CCC(C)C)C[C@@H](O[Si](C)(C)C(C)(C)C)CN1C(=O)OC(C)(C)C. The van der Waals surface area contributed by atoms with Crippen LogP contribution in [-0.4, -0.2) is 43.1 Å². The maximum atomic E-state index is 13.0. The van der Waals surface area contributed by atoms with Gasteiger partial charge in [-0.05, 0) is 70.5 Å². The van der Waals surface area contributed by atoms with Gasteiger partial charge in [-0.1, -0.05) is 41.5 Å². The minimum Gasteiger partial charge on any atom is -0.444 e. The molecule has 0 aromatic carbocycles. The molecule has 1 amide bonds. The van der Waals surface area contributed by atoms with Crippen molar-refractivity contribution in [2.45, 2.75) is 123 Å². The van der Waals surface area contributed by atoms with Crippen molar-refractivity contribution in [3.8, 4) is 0 Å². The summed E-state index contributed by atoms with van der Waals surface area (Å²) in [6, 6.07) is 0. The van der Waals surface area contributed by atoms with E-state index in [1.54, 1.807) is 0 Å². The number of likely N-dealkylation sites (tertiary alicyclic amines) is 1. The molecule has 0 aromatic rings. The van der Waals surface area contributed by atoms with E-state index in [9.17, 15) is 4.79 Å². The van der Waals surface area contributed by atoms with Gasteiger partial charge < -0.3 is 9.16 Å². The molecule has 1 heterocycles. The van der Waals surface area contributed by atoms with Gasteiger partial charge in [-0.25, -0.2) is 4.79 Å². The molecule has 0 bridgehead atoms. The highest BCUT2D eigenvalue weighted by molar-refractivity contribution is 6.74.